The topological polar surface area (TPSA) is 107 Å². The summed E-state index contributed by atoms with van der Waals surface area (Å²) in [6.45, 7) is 2.26. The third-order valence-corrected chi connectivity index (χ3v) is 10.5. The molecule has 9 rings (SSSR count). The van der Waals surface area contributed by atoms with E-state index in [0.717, 1.165) is 56.8 Å². The van der Waals surface area contributed by atoms with Gasteiger partial charge >= 0.3 is 6.18 Å². The summed E-state index contributed by atoms with van der Waals surface area (Å²) in [5.74, 6) is 0.116. The highest BCUT2D eigenvalue weighted by atomic mass is 19.4. The first-order valence-electron chi connectivity index (χ1n) is 16.8. The summed E-state index contributed by atoms with van der Waals surface area (Å²) < 4.78 is 51.5. The minimum absolute atomic E-state index is 0.00525. The molecule has 8 nitrogen and oxygen atoms in total. The second-order valence-corrected chi connectivity index (χ2v) is 13.3. The fraction of sp³-hybridized carbons (Fsp3) is 0.256. The first kappa shape index (κ1) is 30.6. The molecule has 11 heteroatoms. The van der Waals surface area contributed by atoms with Crippen LogP contribution in [0, 0.1) is 5.92 Å². The lowest BCUT2D eigenvalue weighted by atomic mass is 9.68. The van der Waals surface area contributed by atoms with Crippen molar-refractivity contribution in [3.05, 3.63) is 123 Å². The average Bonchev–Trinajstić information content (AvgIpc) is 3.74. The number of benzene rings is 3. The van der Waals surface area contributed by atoms with Gasteiger partial charge < -0.3 is 25.2 Å². The molecule has 2 aliphatic heterocycles. The summed E-state index contributed by atoms with van der Waals surface area (Å²) in [5.41, 5.74) is 14.9. The summed E-state index contributed by atoms with van der Waals surface area (Å²) in [5, 5.41) is 7.65. The molecule has 2 fully saturated rings. The SMILES string of the molecule is Nc1noc(C2CC3Nc4c(cccc4-c4ccc(C(F)(F)F)cc4)C=C3C(C3=C(N4CCOCC4)C(=O)C4=Cc5ccccc5C4=C3)C2)n1. The van der Waals surface area contributed by atoms with Crippen molar-refractivity contribution in [2.75, 3.05) is 37.4 Å². The summed E-state index contributed by atoms with van der Waals surface area (Å²) in [4.78, 5) is 21.2. The van der Waals surface area contributed by atoms with Crippen molar-refractivity contribution in [3.63, 3.8) is 0 Å². The van der Waals surface area contributed by atoms with Gasteiger partial charge in [-0.15, -0.1) is 0 Å². The third-order valence-electron chi connectivity index (χ3n) is 10.5. The number of ketones is 1. The van der Waals surface area contributed by atoms with Crippen LogP contribution in [0.1, 0.15) is 46.9 Å². The molecule has 0 bridgehead atoms. The molecule has 3 aromatic carbocycles. The summed E-state index contributed by atoms with van der Waals surface area (Å²) >= 11 is 0. The van der Waals surface area contributed by atoms with Crippen molar-refractivity contribution in [3.8, 4) is 11.1 Å². The lowest BCUT2D eigenvalue weighted by molar-refractivity contribution is -0.137. The molecule has 0 radical (unpaired) electrons. The van der Waals surface area contributed by atoms with Crippen LogP contribution in [0.4, 0.5) is 24.8 Å². The number of nitrogens with zero attached hydrogens (tertiary/aromatic N) is 3. The number of ether oxygens (including phenoxy) is 1. The van der Waals surface area contributed by atoms with Crippen LogP contribution in [0.2, 0.25) is 0 Å². The molecular weight excluding hydrogens is 643 g/mol. The molecule has 50 heavy (non-hydrogen) atoms. The number of allylic oxidation sites excluding steroid dienone is 4. The van der Waals surface area contributed by atoms with Crippen LogP contribution in [0.15, 0.2) is 99.7 Å². The maximum Gasteiger partial charge on any atom is 0.416 e. The van der Waals surface area contributed by atoms with Crippen LogP contribution in [-0.2, 0) is 15.7 Å². The second kappa shape index (κ2) is 11.6. The third kappa shape index (κ3) is 5.06. The Balaban J connectivity index is 1.20. The molecule has 3 unspecified atom stereocenters. The first-order valence-corrected chi connectivity index (χ1v) is 16.8. The van der Waals surface area contributed by atoms with E-state index in [2.05, 4.69) is 38.6 Å². The molecule has 1 saturated carbocycles. The van der Waals surface area contributed by atoms with E-state index in [1.54, 1.807) is 0 Å². The highest BCUT2D eigenvalue weighted by molar-refractivity contribution is 6.26. The van der Waals surface area contributed by atoms with Gasteiger partial charge in [0.05, 0.1) is 24.5 Å². The number of nitrogens with one attached hydrogen (secondary N) is 1. The van der Waals surface area contributed by atoms with Crippen molar-refractivity contribution in [1.29, 1.82) is 0 Å². The van der Waals surface area contributed by atoms with E-state index in [1.807, 2.05) is 42.5 Å². The second-order valence-electron chi connectivity index (χ2n) is 13.3. The van der Waals surface area contributed by atoms with Crippen LogP contribution in [0.25, 0.3) is 28.9 Å². The molecule has 0 spiro atoms. The lowest BCUT2D eigenvalue weighted by Gasteiger charge is -2.43. The standard InChI is InChI=1S/C39H32F3N5O3/c40-39(41,42)25-10-8-21(9-11-25)27-7-3-5-23-17-30-28(18-24(19-33(30)44-34(23)27)37-45-38(43)46-50-37)31-20-29-26-6-2-1-4-22(26)16-32(29)36(48)35(31)47-12-14-49-15-13-47/h1-11,16-17,20,24,28,33,44H,12-15,18-19H2,(H2,43,46). The molecule has 1 aromatic heterocycles. The fourth-order valence-corrected chi connectivity index (χ4v) is 8.18. The van der Waals surface area contributed by atoms with Gasteiger partial charge in [0.2, 0.25) is 11.7 Å². The molecule has 3 N–H and O–H groups in total. The van der Waals surface area contributed by atoms with Gasteiger partial charge in [0.25, 0.3) is 5.95 Å². The largest absolute Gasteiger partial charge is 0.416 e. The summed E-state index contributed by atoms with van der Waals surface area (Å²) in [6, 6.07) is 19.0. The molecular formula is C39H32F3N5O3. The van der Waals surface area contributed by atoms with Crippen LogP contribution >= 0.6 is 0 Å². The number of nitrogen functional groups attached to an aromatic ring is 1. The van der Waals surface area contributed by atoms with Crippen LogP contribution < -0.4 is 11.1 Å². The number of morpholine rings is 1. The molecule has 0 amide bonds. The van der Waals surface area contributed by atoms with E-state index < -0.39 is 11.7 Å². The number of halogens is 3. The number of aromatic nitrogens is 2. The monoisotopic (exact) mass is 675 g/mol. The first-order chi connectivity index (χ1) is 24.2. The summed E-state index contributed by atoms with van der Waals surface area (Å²) in [7, 11) is 0. The van der Waals surface area contributed by atoms with E-state index in [-0.39, 0.29) is 29.6 Å². The Hall–Kier alpha value is -5.42. The number of anilines is 2. The van der Waals surface area contributed by atoms with E-state index in [9.17, 15) is 18.0 Å². The van der Waals surface area contributed by atoms with Gasteiger partial charge in [0, 0.05) is 47.8 Å². The minimum atomic E-state index is -4.42. The van der Waals surface area contributed by atoms with E-state index in [1.165, 1.54) is 12.1 Å². The zero-order chi connectivity index (χ0) is 34.1. The summed E-state index contributed by atoms with van der Waals surface area (Å²) in [6.07, 6.45) is 3.19. The van der Waals surface area contributed by atoms with Crippen LogP contribution in [-0.4, -0.2) is 53.2 Å². The predicted molar refractivity (Wildman–Crippen MR) is 183 cm³/mol. The van der Waals surface area contributed by atoms with E-state index in [4.69, 9.17) is 15.0 Å². The fourth-order valence-electron chi connectivity index (χ4n) is 8.18. The average molecular weight is 676 g/mol. The normalized spacial score (nSPS) is 22.9. The van der Waals surface area contributed by atoms with Gasteiger partial charge in [-0.25, -0.2) is 0 Å². The van der Waals surface area contributed by atoms with Crippen molar-refractivity contribution in [1.82, 2.24) is 15.0 Å². The zero-order valence-corrected chi connectivity index (χ0v) is 26.8. The highest BCUT2D eigenvalue weighted by Gasteiger charge is 2.44. The zero-order valence-electron chi connectivity index (χ0n) is 26.8. The van der Waals surface area contributed by atoms with Crippen LogP contribution in [0.5, 0.6) is 0 Å². The van der Waals surface area contributed by atoms with Gasteiger partial charge in [-0.1, -0.05) is 60.7 Å². The van der Waals surface area contributed by atoms with Gasteiger partial charge in [0.1, 0.15) is 0 Å². The van der Waals surface area contributed by atoms with E-state index >= 15 is 0 Å². The number of hydrogen-bond donors (Lipinski definition) is 2. The Morgan fingerprint density at radius 1 is 0.860 bits per heavy atom. The number of nitrogens with two attached hydrogens (primary N) is 1. The maximum absolute atomic E-state index is 14.6. The Morgan fingerprint density at radius 3 is 2.38 bits per heavy atom. The number of Topliss-reactive ketones (excluding diaryl/α,β-unsaturated/α-hetero) is 1. The Bertz CT molecular complexity index is 2170. The van der Waals surface area contributed by atoms with E-state index in [0.29, 0.717) is 61.9 Å². The number of carbonyl (C=O) groups excluding carboxylic acids is 1. The van der Waals surface area contributed by atoms with Crippen LogP contribution in [0.3, 0.4) is 0 Å². The molecule has 3 atom stereocenters. The Morgan fingerprint density at radius 2 is 1.62 bits per heavy atom. The predicted octanol–water partition coefficient (Wildman–Crippen LogP) is 7.36. The number of hydrogen-bond acceptors (Lipinski definition) is 8. The number of carbonyl (C=O) groups is 1. The van der Waals surface area contributed by atoms with Gasteiger partial charge in [-0.2, -0.15) is 18.2 Å². The molecule has 3 heterocycles. The smallest absolute Gasteiger partial charge is 0.378 e. The molecule has 4 aromatic rings. The van der Waals surface area contributed by atoms with Crippen molar-refractivity contribution in [2.45, 2.75) is 31.0 Å². The lowest BCUT2D eigenvalue weighted by Crippen LogP contribution is -2.42. The number of para-hydroxylation sites is 1. The molecule has 3 aliphatic carbocycles. The van der Waals surface area contributed by atoms with Gasteiger partial charge in [-0.3, -0.25) is 4.79 Å². The van der Waals surface area contributed by atoms with Crippen molar-refractivity contribution >= 4 is 35.1 Å². The number of fused-ring (bicyclic) bond motifs is 5. The van der Waals surface area contributed by atoms with Gasteiger partial charge in [0.15, 0.2) is 0 Å². The Kier molecular flexibility index (Phi) is 7.10. The van der Waals surface area contributed by atoms with Crippen molar-refractivity contribution in [2.24, 2.45) is 5.92 Å². The van der Waals surface area contributed by atoms with Crippen molar-refractivity contribution < 1.29 is 27.2 Å². The molecule has 252 valence electrons. The maximum atomic E-state index is 14.6. The highest BCUT2D eigenvalue weighted by Crippen LogP contribution is 2.52. The number of alkyl halides is 3. The Labute approximate surface area is 285 Å². The quantitative estimate of drug-likeness (QED) is 0.231. The van der Waals surface area contributed by atoms with Gasteiger partial charge in [-0.05, 0) is 81.3 Å². The number of rotatable bonds is 4. The molecule has 5 aliphatic rings. The molecule has 1 saturated heterocycles. The minimum Gasteiger partial charge on any atom is -0.378 e.